The zero-order chi connectivity index (χ0) is 56.2. The van der Waals surface area contributed by atoms with Crippen LogP contribution in [-0.4, -0.2) is 0 Å². The second-order valence-electron chi connectivity index (χ2n) is 21.8. The Bertz CT molecular complexity index is 4520. The number of benzene rings is 12. The molecule has 4 nitrogen and oxygen atoms in total. The highest BCUT2D eigenvalue weighted by molar-refractivity contribution is 7.18. The standard InChI is InChI=1S/C76H54N4S4/c1-47-55-37-41-81-71(55)33-29-63(47)77(51-17-9-5-10-18-51)67-45-68(78(52-19-11-6-12-20-52)64-30-34-72-56(48(64)2)38-42-82-72)60-27-28-62-70(80(54-23-15-8-16-24-54)66-32-36-74-58(50(66)4)40-44-84-74)46-69(61-26-25-59(67)75(60)76(61)62)79(53-21-13-7-14-22-53)65-31-35-73-57(49(65)3)39-43-83-73/h5-46H,1-4H3. The van der Waals surface area contributed by atoms with Crippen LogP contribution in [0.25, 0.3) is 72.7 Å². The molecule has 0 saturated heterocycles. The molecule has 0 aliphatic carbocycles. The van der Waals surface area contributed by atoms with Crippen molar-refractivity contribution in [3.8, 4) is 0 Å². The zero-order valence-corrected chi connectivity index (χ0v) is 49.9. The number of para-hydroxylation sites is 4. The highest BCUT2D eigenvalue weighted by atomic mass is 32.1. The molecule has 84 heavy (non-hydrogen) atoms. The number of anilines is 12. The number of thiophene rings is 4. The Morgan fingerprint density at radius 2 is 0.440 bits per heavy atom. The van der Waals surface area contributed by atoms with Gasteiger partial charge >= 0.3 is 0 Å². The van der Waals surface area contributed by atoms with E-state index in [0.717, 1.165) is 89.8 Å². The monoisotopic (exact) mass is 1150 g/mol. The molecule has 0 unspecified atom stereocenters. The first-order valence-corrected chi connectivity index (χ1v) is 32.0. The van der Waals surface area contributed by atoms with Crippen LogP contribution in [0, 0.1) is 27.7 Å². The SMILES string of the molecule is Cc1c(N(c2ccccc2)c2cc(N(c3ccccc3)c3ccc4sccc4c3C)c3ccc4c(N(c5ccccc5)c5ccc6sccc6c5C)cc(N(c5ccccc5)c5ccc6sccc6c5C)c5ccc2c3c54)ccc2sccc12. The molecule has 16 aromatic rings. The summed E-state index contributed by atoms with van der Waals surface area (Å²) in [5, 5.41) is 21.0. The van der Waals surface area contributed by atoms with E-state index < -0.39 is 0 Å². The zero-order valence-electron chi connectivity index (χ0n) is 46.7. The maximum Gasteiger partial charge on any atom is 0.0561 e. The predicted molar refractivity (Wildman–Crippen MR) is 369 cm³/mol. The fraction of sp³-hybridized carbons (Fsp3) is 0.0526. The summed E-state index contributed by atoms with van der Waals surface area (Å²) >= 11 is 7.19. The van der Waals surface area contributed by atoms with E-state index in [0.29, 0.717) is 0 Å². The summed E-state index contributed by atoms with van der Waals surface area (Å²) in [4.78, 5) is 10.1. The van der Waals surface area contributed by atoms with Crippen molar-refractivity contribution < 1.29 is 0 Å². The van der Waals surface area contributed by atoms with Crippen LogP contribution >= 0.6 is 45.3 Å². The molecule has 402 valence electrons. The highest BCUT2D eigenvalue weighted by Crippen LogP contribution is 2.57. The van der Waals surface area contributed by atoms with Gasteiger partial charge < -0.3 is 19.6 Å². The first-order valence-electron chi connectivity index (χ1n) is 28.4. The Morgan fingerprint density at radius 1 is 0.214 bits per heavy atom. The maximum absolute atomic E-state index is 2.53. The molecule has 0 N–H and O–H groups in total. The molecule has 8 heteroatoms. The van der Waals surface area contributed by atoms with E-state index >= 15 is 0 Å². The van der Waals surface area contributed by atoms with Gasteiger partial charge in [0.1, 0.15) is 0 Å². The number of fused-ring (bicyclic) bond motifs is 4. The fourth-order valence-electron chi connectivity index (χ4n) is 13.3. The fourth-order valence-corrected chi connectivity index (χ4v) is 16.7. The Morgan fingerprint density at radius 3 is 0.667 bits per heavy atom. The van der Waals surface area contributed by atoms with Crippen LogP contribution in [-0.2, 0) is 0 Å². The van der Waals surface area contributed by atoms with E-state index in [1.165, 1.54) is 73.4 Å². The van der Waals surface area contributed by atoms with Crippen LogP contribution in [0.5, 0.6) is 0 Å². The Balaban J connectivity index is 1.11. The molecule has 0 saturated carbocycles. The Hall–Kier alpha value is -9.28. The van der Waals surface area contributed by atoms with E-state index in [2.05, 4.69) is 299 Å². The van der Waals surface area contributed by atoms with Crippen LogP contribution in [0.4, 0.5) is 68.2 Å². The van der Waals surface area contributed by atoms with Gasteiger partial charge in [-0.05, 0) is 226 Å². The van der Waals surface area contributed by atoms with Crippen LogP contribution in [0.3, 0.4) is 0 Å². The first kappa shape index (κ1) is 50.4. The molecule has 12 aromatic carbocycles. The molecule has 4 heterocycles. The van der Waals surface area contributed by atoms with Crippen LogP contribution in [0.2, 0.25) is 0 Å². The molecule has 0 bridgehead atoms. The molecule has 4 aromatic heterocycles. The Labute approximate surface area is 504 Å². The Kier molecular flexibility index (Phi) is 12.2. The lowest BCUT2D eigenvalue weighted by Gasteiger charge is -2.35. The lowest BCUT2D eigenvalue weighted by atomic mass is 9.88. The summed E-state index contributed by atoms with van der Waals surface area (Å²) in [7, 11) is 0. The average Bonchev–Trinajstić information content (AvgIpc) is 0.943. The third-order valence-electron chi connectivity index (χ3n) is 17.3. The number of aryl methyl sites for hydroxylation is 4. The summed E-state index contributed by atoms with van der Waals surface area (Å²) in [6.07, 6.45) is 0. The number of nitrogens with zero attached hydrogens (tertiary/aromatic N) is 4. The molecular weight excluding hydrogens is 1100 g/mol. The molecule has 16 rings (SSSR count). The minimum atomic E-state index is 1.09. The molecule has 0 aliphatic rings. The molecule has 0 atom stereocenters. The second kappa shape index (κ2) is 20.3. The second-order valence-corrected chi connectivity index (χ2v) is 25.5. The van der Waals surface area contributed by atoms with Crippen molar-refractivity contribution in [1.82, 2.24) is 0 Å². The lowest BCUT2D eigenvalue weighted by Crippen LogP contribution is -2.17. The number of rotatable bonds is 12. The van der Waals surface area contributed by atoms with E-state index in [1.807, 2.05) is 0 Å². The van der Waals surface area contributed by atoms with Gasteiger partial charge in [-0.15, -0.1) is 45.3 Å². The van der Waals surface area contributed by atoms with Gasteiger partial charge in [-0.2, -0.15) is 0 Å². The summed E-state index contributed by atoms with van der Waals surface area (Å²) in [5.41, 5.74) is 18.2. The minimum Gasteiger partial charge on any atom is -0.310 e. The normalized spacial score (nSPS) is 11.8. The van der Waals surface area contributed by atoms with Gasteiger partial charge in [0.25, 0.3) is 0 Å². The van der Waals surface area contributed by atoms with E-state index in [1.54, 1.807) is 45.3 Å². The van der Waals surface area contributed by atoms with Gasteiger partial charge in [-0.25, -0.2) is 0 Å². The van der Waals surface area contributed by atoms with Crippen molar-refractivity contribution in [2.45, 2.75) is 27.7 Å². The van der Waals surface area contributed by atoms with Crippen LogP contribution in [0.1, 0.15) is 22.3 Å². The smallest absolute Gasteiger partial charge is 0.0561 e. The quantitative estimate of drug-likeness (QED) is 0.113. The van der Waals surface area contributed by atoms with Gasteiger partial charge in [0.2, 0.25) is 0 Å². The molecule has 0 radical (unpaired) electrons. The van der Waals surface area contributed by atoms with Gasteiger partial charge in [-0.1, -0.05) is 97.1 Å². The summed E-state index contributed by atoms with van der Waals surface area (Å²) in [6.45, 7) is 9.19. The topological polar surface area (TPSA) is 13.0 Å². The number of hydrogen-bond acceptors (Lipinski definition) is 8. The average molecular weight is 1150 g/mol. The summed E-state index contributed by atoms with van der Waals surface area (Å²) in [6, 6.07) is 86.5. The number of hydrogen-bond donors (Lipinski definition) is 0. The summed E-state index contributed by atoms with van der Waals surface area (Å²) in [5.74, 6) is 0. The summed E-state index contributed by atoms with van der Waals surface area (Å²) < 4.78 is 5.12. The third kappa shape index (κ3) is 7.96. The van der Waals surface area contributed by atoms with Crippen molar-refractivity contribution in [2.75, 3.05) is 19.6 Å². The van der Waals surface area contributed by atoms with Crippen molar-refractivity contribution in [2.24, 2.45) is 0 Å². The minimum absolute atomic E-state index is 1.09. The maximum atomic E-state index is 2.53. The van der Waals surface area contributed by atoms with Crippen LogP contribution in [0.15, 0.2) is 252 Å². The van der Waals surface area contributed by atoms with Crippen molar-refractivity contribution >= 4 is 186 Å². The molecule has 0 amide bonds. The van der Waals surface area contributed by atoms with Gasteiger partial charge in [0.05, 0.1) is 22.7 Å². The van der Waals surface area contributed by atoms with E-state index in [4.69, 9.17) is 0 Å². The molecule has 0 aliphatic heterocycles. The van der Waals surface area contributed by atoms with Crippen molar-refractivity contribution in [3.05, 3.63) is 274 Å². The largest absolute Gasteiger partial charge is 0.310 e. The van der Waals surface area contributed by atoms with Gasteiger partial charge in [0.15, 0.2) is 0 Å². The van der Waals surface area contributed by atoms with E-state index in [9.17, 15) is 0 Å². The highest BCUT2D eigenvalue weighted by Gasteiger charge is 2.31. The van der Waals surface area contributed by atoms with Gasteiger partial charge in [0, 0.05) is 96.6 Å². The first-order chi connectivity index (χ1) is 41.4. The predicted octanol–water partition coefficient (Wildman–Crippen LogP) is 24.6. The molecule has 0 fully saturated rings. The van der Waals surface area contributed by atoms with Crippen molar-refractivity contribution in [3.63, 3.8) is 0 Å². The van der Waals surface area contributed by atoms with Crippen molar-refractivity contribution in [1.29, 1.82) is 0 Å². The lowest BCUT2D eigenvalue weighted by molar-refractivity contribution is 1.25. The third-order valence-corrected chi connectivity index (χ3v) is 20.8. The molecular formula is C76H54N4S4. The van der Waals surface area contributed by atoms with Crippen LogP contribution < -0.4 is 19.6 Å². The van der Waals surface area contributed by atoms with Gasteiger partial charge in [-0.3, -0.25) is 0 Å². The molecule has 0 spiro atoms. The van der Waals surface area contributed by atoms with E-state index in [-0.39, 0.29) is 0 Å².